The highest BCUT2D eigenvalue weighted by molar-refractivity contribution is 5.87. The third-order valence-electron chi connectivity index (χ3n) is 4.08. The van der Waals surface area contributed by atoms with Crippen LogP contribution in [-0.4, -0.2) is 18.4 Å². The van der Waals surface area contributed by atoms with E-state index < -0.39 is 0 Å². The SMILES string of the molecule is C1=CC23CCNC2(C=N1)Nc1ccccc13. The molecule has 3 heterocycles. The quantitative estimate of drug-likeness (QED) is 0.684. The fourth-order valence-corrected chi connectivity index (χ4v) is 3.33. The lowest BCUT2D eigenvalue weighted by Gasteiger charge is -2.37. The van der Waals surface area contributed by atoms with E-state index >= 15 is 0 Å². The Hall–Kier alpha value is -1.61. The number of anilines is 1. The number of para-hydroxylation sites is 1. The fraction of sp³-hybridized carbons (Fsp3) is 0.308. The molecular weight excluding hydrogens is 198 g/mol. The molecule has 0 spiro atoms. The Bertz CT molecular complexity index is 520. The molecule has 80 valence electrons. The summed E-state index contributed by atoms with van der Waals surface area (Å²) in [7, 11) is 0. The molecule has 0 saturated carbocycles. The van der Waals surface area contributed by atoms with Gasteiger partial charge in [-0.2, -0.15) is 0 Å². The van der Waals surface area contributed by atoms with Gasteiger partial charge in [-0.3, -0.25) is 10.3 Å². The second kappa shape index (κ2) is 2.55. The first-order valence-corrected chi connectivity index (χ1v) is 5.71. The van der Waals surface area contributed by atoms with Crippen LogP contribution in [0.1, 0.15) is 12.0 Å². The second-order valence-corrected chi connectivity index (χ2v) is 4.72. The first kappa shape index (κ1) is 8.53. The Morgan fingerprint density at radius 1 is 1.25 bits per heavy atom. The number of fused-ring (bicyclic) bond motifs is 1. The van der Waals surface area contributed by atoms with Crippen LogP contribution >= 0.6 is 0 Å². The van der Waals surface area contributed by atoms with E-state index in [1.807, 2.05) is 12.4 Å². The molecule has 1 aromatic carbocycles. The third-order valence-corrected chi connectivity index (χ3v) is 4.08. The second-order valence-electron chi connectivity index (χ2n) is 4.72. The molecule has 0 aromatic heterocycles. The van der Waals surface area contributed by atoms with Gasteiger partial charge in [0.25, 0.3) is 0 Å². The number of benzene rings is 1. The molecule has 0 bridgehead atoms. The van der Waals surface area contributed by atoms with Gasteiger partial charge in [0.05, 0.1) is 5.41 Å². The van der Waals surface area contributed by atoms with Gasteiger partial charge in [0.1, 0.15) is 5.66 Å². The van der Waals surface area contributed by atoms with E-state index in [1.165, 1.54) is 11.3 Å². The molecular formula is C13H13N3. The van der Waals surface area contributed by atoms with Crippen LogP contribution in [0.15, 0.2) is 41.5 Å². The molecule has 3 aliphatic rings. The maximum Gasteiger partial charge on any atom is 0.139 e. The van der Waals surface area contributed by atoms with Crippen LogP contribution in [0.3, 0.4) is 0 Å². The molecule has 16 heavy (non-hydrogen) atoms. The molecule has 1 fully saturated rings. The Morgan fingerprint density at radius 3 is 3.19 bits per heavy atom. The van der Waals surface area contributed by atoms with Crippen molar-refractivity contribution in [3.05, 3.63) is 42.1 Å². The Labute approximate surface area is 94.3 Å². The molecule has 0 radical (unpaired) electrons. The molecule has 3 heteroatoms. The monoisotopic (exact) mass is 211 g/mol. The minimum Gasteiger partial charge on any atom is -0.361 e. The summed E-state index contributed by atoms with van der Waals surface area (Å²) < 4.78 is 0. The summed E-state index contributed by atoms with van der Waals surface area (Å²) >= 11 is 0. The van der Waals surface area contributed by atoms with Gasteiger partial charge in [0.2, 0.25) is 0 Å². The van der Waals surface area contributed by atoms with Crippen molar-refractivity contribution in [3.8, 4) is 0 Å². The topological polar surface area (TPSA) is 36.4 Å². The zero-order valence-corrected chi connectivity index (χ0v) is 8.90. The van der Waals surface area contributed by atoms with Gasteiger partial charge in [0.15, 0.2) is 0 Å². The summed E-state index contributed by atoms with van der Waals surface area (Å²) in [5.74, 6) is 0. The highest BCUT2D eigenvalue weighted by atomic mass is 15.3. The molecule has 3 aliphatic heterocycles. The van der Waals surface area contributed by atoms with Crippen molar-refractivity contribution in [2.75, 3.05) is 11.9 Å². The lowest BCUT2D eigenvalue weighted by atomic mass is 9.72. The normalized spacial score (nSPS) is 37.8. The van der Waals surface area contributed by atoms with Gasteiger partial charge in [-0.25, -0.2) is 0 Å². The maximum absolute atomic E-state index is 4.30. The summed E-state index contributed by atoms with van der Waals surface area (Å²) in [4.78, 5) is 4.30. The zero-order chi connectivity index (χ0) is 10.6. The van der Waals surface area contributed by atoms with E-state index in [0.717, 1.165) is 13.0 Å². The standard InChI is InChI=1S/C13H13N3/c1-2-4-11-10(3-1)12-5-7-14-9-13(12,16-11)15-8-6-12/h1-5,7,9,15-16H,6,8H2. The molecule has 0 aliphatic carbocycles. The zero-order valence-electron chi connectivity index (χ0n) is 8.90. The first-order chi connectivity index (χ1) is 7.86. The Kier molecular flexibility index (Phi) is 1.36. The maximum atomic E-state index is 4.30. The highest BCUT2D eigenvalue weighted by Gasteiger charge is 2.59. The van der Waals surface area contributed by atoms with Crippen molar-refractivity contribution in [2.24, 2.45) is 4.99 Å². The number of hydrogen-bond acceptors (Lipinski definition) is 3. The van der Waals surface area contributed by atoms with Crippen molar-refractivity contribution in [1.29, 1.82) is 0 Å². The molecule has 1 aromatic rings. The van der Waals surface area contributed by atoms with Crippen LogP contribution in [0.25, 0.3) is 0 Å². The largest absolute Gasteiger partial charge is 0.361 e. The third kappa shape index (κ3) is 0.747. The number of aliphatic imine (C=N–C) groups is 1. The van der Waals surface area contributed by atoms with Gasteiger partial charge in [-0.1, -0.05) is 24.3 Å². The first-order valence-electron chi connectivity index (χ1n) is 5.71. The van der Waals surface area contributed by atoms with Gasteiger partial charge in [-0.05, 0) is 24.6 Å². The minimum atomic E-state index is -0.189. The van der Waals surface area contributed by atoms with Crippen LogP contribution < -0.4 is 10.6 Å². The fourth-order valence-electron chi connectivity index (χ4n) is 3.33. The van der Waals surface area contributed by atoms with E-state index in [9.17, 15) is 0 Å². The summed E-state index contributed by atoms with van der Waals surface area (Å²) in [5.41, 5.74) is 2.49. The minimum absolute atomic E-state index is 0.0609. The summed E-state index contributed by atoms with van der Waals surface area (Å²) in [6, 6.07) is 8.56. The van der Waals surface area contributed by atoms with E-state index in [0.29, 0.717) is 0 Å². The van der Waals surface area contributed by atoms with Crippen LogP contribution in [0.5, 0.6) is 0 Å². The average Bonchev–Trinajstić information content (AvgIpc) is 2.80. The van der Waals surface area contributed by atoms with Gasteiger partial charge >= 0.3 is 0 Å². The highest BCUT2D eigenvalue weighted by Crippen LogP contribution is 2.52. The number of rotatable bonds is 0. The summed E-state index contributed by atoms with van der Waals surface area (Å²) in [6.45, 7) is 1.03. The number of nitrogens with zero attached hydrogens (tertiary/aromatic N) is 1. The van der Waals surface area contributed by atoms with E-state index in [4.69, 9.17) is 0 Å². The van der Waals surface area contributed by atoms with Gasteiger partial charge in [0, 0.05) is 18.1 Å². The number of nitrogens with one attached hydrogen (secondary N) is 2. The molecule has 3 nitrogen and oxygen atoms in total. The van der Waals surface area contributed by atoms with Crippen LogP contribution in [0, 0.1) is 0 Å². The smallest absolute Gasteiger partial charge is 0.139 e. The van der Waals surface area contributed by atoms with E-state index in [1.54, 1.807) is 0 Å². The van der Waals surface area contributed by atoms with Crippen LogP contribution in [-0.2, 0) is 5.41 Å². The Morgan fingerprint density at radius 2 is 2.19 bits per heavy atom. The summed E-state index contributed by atoms with van der Waals surface area (Å²) in [6.07, 6.45) is 7.31. The predicted molar refractivity (Wildman–Crippen MR) is 64.7 cm³/mol. The molecule has 2 atom stereocenters. The molecule has 0 amide bonds. The predicted octanol–water partition coefficient (Wildman–Crippen LogP) is 1.64. The van der Waals surface area contributed by atoms with Crippen molar-refractivity contribution in [2.45, 2.75) is 17.5 Å². The van der Waals surface area contributed by atoms with Crippen molar-refractivity contribution in [1.82, 2.24) is 5.32 Å². The summed E-state index contributed by atoms with van der Waals surface area (Å²) in [5, 5.41) is 7.15. The average molecular weight is 211 g/mol. The van der Waals surface area contributed by atoms with Gasteiger partial charge < -0.3 is 5.32 Å². The van der Waals surface area contributed by atoms with E-state index in [-0.39, 0.29) is 11.1 Å². The van der Waals surface area contributed by atoms with Crippen LogP contribution in [0.2, 0.25) is 0 Å². The Balaban J connectivity index is 2.04. The van der Waals surface area contributed by atoms with Gasteiger partial charge in [-0.15, -0.1) is 0 Å². The van der Waals surface area contributed by atoms with Crippen molar-refractivity contribution < 1.29 is 0 Å². The van der Waals surface area contributed by atoms with Crippen LogP contribution in [0.4, 0.5) is 5.69 Å². The molecule has 2 unspecified atom stereocenters. The molecule has 2 N–H and O–H groups in total. The molecule has 4 rings (SSSR count). The molecule has 1 saturated heterocycles. The van der Waals surface area contributed by atoms with E-state index in [2.05, 4.69) is 46.0 Å². The van der Waals surface area contributed by atoms with Crippen molar-refractivity contribution in [3.63, 3.8) is 0 Å². The van der Waals surface area contributed by atoms with Crippen molar-refractivity contribution >= 4 is 11.9 Å². The number of hydrogen-bond donors (Lipinski definition) is 2. The lowest BCUT2D eigenvalue weighted by molar-refractivity contribution is 0.445. The lowest BCUT2D eigenvalue weighted by Crippen LogP contribution is -2.57.